The topological polar surface area (TPSA) is 84.0 Å². The largest absolute Gasteiger partial charge is 0.348 e. The fourth-order valence-corrected chi connectivity index (χ4v) is 2.41. The molecule has 2 aromatic rings. The van der Waals surface area contributed by atoms with E-state index >= 15 is 0 Å². The lowest BCUT2D eigenvalue weighted by molar-refractivity contribution is -0.116. The van der Waals surface area contributed by atoms with Crippen LogP contribution < -0.4 is 10.6 Å². The van der Waals surface area contributed by atoms with Crippen LogP contribution in [0.5, 0.6) is 0 Å². The Bertz CT molecular complexity index is 849. The highest BCUT2D eigenvalue weighted by Crippen LogP contribution is 2.37. The first-order valence-corrected chi connectivity index (χ1v) is 8.35. The second-order valence-electron chi connectivity index (χ2n) is 6.10. The van der Waals surface area contributed by atoms with Crippen LogP contribution in [-0.4, -0.2) is 21.8 Å². The van der Waals surface area contributed by atoms with Gasteiger partial charge in [-0.15, -0.1) is 0 Å². The molecule has 6 nitrogen and oxygen atoms in total. The van der Waals surface area contributed by atoms with Crippen molar-refractivity contribution in [3.05, 3.63) is 71.6 Å². The molecule has 0 aliphatic heterocycles. The van der Waals surface area contributed by atoms with Gasteiger partial charge in [0.25, 0.3) is 5.91 Å². The van der Waals surface area contributed by atoms with E-state index in [2.05, 4.69) is 27.2 Å². The highest BCUT2D eigenvalue weighted by atomic mass is 19.1. The standard InChI is InChI=1S/C19H19FN4O2/c1-2-17(25)22-10-12-3-4-14(15(20)9-12)11-23-19(26)16-7-8-21-18(24-16)13-5-6-13/h2-4,7-9,13H,1,5-6,10-11H2,(H,22,25)(H,23,26). The molecule has 26 heavy (non-hydrogen) atoms. The van der Waals surface area contributed by atoms with Gasteiger partial charge in [-0.3, -0.25) is 9.59 Å². The first-order valence-electron chi connectivity index (χ1n) is 8.35. The van der Waals surface area contributed by atoms with E-state index in [1.165, 1.54) is 6.07 Å². The van der Waals surface area contributed by atoms with Crippen molar-refractivity contribution in [3.63, 3.8) is 0 Å². The lowest BCUT2D eigenvalue weighted by Gasteiger charge is -2.09. The molecule has 0 bridgehead atoms. The molecule has 0 unspecified atom stereocenters. The van der Waals surface area contributed by atoms with Gasteiger partial charge >= 0.3 is 0 Å². The minimum absolute atomic E-state index is 0.0483. The van der Waals surface area contributed by atoms with Crippen molar-refractivity contribution >= 4 is 11.8 Å². The Kier molecular flexibility index (Phi) is 5.36. The Morgan fingerprint density at radius 2 is 2.04 bits per heavy atom. The third-order valence-corrected chi connectivity index (χ3v) is 4.06. The summed E-state index contributed by atoms with van der Waals surface area (Å²) in [7, 11) is 0. The van der Waals surface area contributed by atoms with E-state index < -0.39 is 5.82 Å². The van der Waals surface area contributed by atoms with E-state index in [-0.39, 0.29) is 30.6 Å². The smallest absolute Gasteiger partial charge is 0.270 e. The molecular formula is C19H19FN4O2. The van der Waals surface area contributed by atoms with Crippen molar-refractivity contribution in [3.8, 4) is 0 Å². The van der Waals surface area contributed by atoms with Crippen LogP contribution in [0.2, 0.25) is 0 Å². The number of carbonyl (C=O) groups excluding carboxylic acids is 2. The first kappa shape index (κ1) is 17.7. The predicted octanol–water partition coefficient (Wildman–Crippen LogP) is 2.23. The molecule has 1 aliphatic rings. The summed E-state index contributed by atoms with van der Waals surface area (Å²) >= 11 is 0. The van der Waals surface area contributed by atoms with Crippen molar-refractivity contribution in [1.82, 2.24) is 20.6 Å². The number of amides is 2. The molecule has 7 heteroatoms. The lowest BCUT2D eigenvalue weighted by atomic mass is 10.1. The second kappa shape index (κ2) is 7.86. The van der Waals surface area contributed by atoms with Gasteiger partial charge in [-0.25, -0.2) is 14.4 Å². The average molecular weight is 354 g/mol. The van der Waals surface area contributed by atoms with Crippen molar-refractivity contribution < 1.29 is 14.0 Å². The molecule has 1 fully saturated rings. The number of rotatable bonds is 7. The number of nitrogens with zero attached hydrogens (tertiary/aromatic N) is 2. The van der Waals surface area contributed by atoms with E-state index in [9.17, 15) is 14.0 Å². The lowest BCUT2D eigenvalue weighted by Crippen LogP contribution is -2.25. The Morgan fingerprint density at radius 3 is 2.73 bits per heavy atom. The monoisotopic (exact) mass is 354 g/mol. The molecule has 1 aliphatic carbocycles. The normalized spacial score (nSPS) is 13.1. The van der Waals surface area contributed by atoms with Gasteiger partial charge in [0.15, 0.2) is 0 Å². The molecule has 3 rings (SSSR count). The summed E-state index contributed by atoms with van der Waals surface area (Å²) in [5, 5.41) is 5.25. The van der Waals surface area contributed by atoms with E-state index in [4.69, 9.17) is 0 Å². The SMILES string of the molecule is C=CC(=O)NCc1ccc(CNC(=O)c2ccnc(C3CC3)n2)c(F)c1. The molecule has 2 amide bonds. The van der Waals surface area contributed by atoms with Gasteiger partial charge in [-0.05, 0) is 36.6 Å². The van der Waals surface area contributed by atoms with Gasteiger partial charge in [-0.2, -0.15) is 0 Å². The van der Waals surface area contributed by atoms with Gasteiger partial charge in [0, 0.05) is 30.8 Å². The van der Waals surface area contributed by atoms with Crippen molar-refractivity contribution in [2.45, 2.75) is 31.8 Å². The number of hydrogen-bond donors (Lipinski definition) is 2. The number of nitrogens with one attached hydrogen (secondary N) is 2. The molecular weight excluding hydrogens is 335 g/mol. The number of hydrogen-bond acceptors (Lipinski definition) is 4. The zero-order valence-corrected chi connectivity index (χ0v) is 14.2. The number of halogens is 1. The van der Waals surface area contributed by atoms with Crippen molar-refractivity contribution in [2.24, 2.45) is 0 Å². The Hall–Kier alpha value is -3.09. The maximum absolute atomic E-state index is 14.2. The quantitative estimate of drug-likeness (QED) is 0.747. The highest BCUT2D eigenvalue weighted by Gasteiger charge is 2.27. The van der Waals surface area contributed by atoms with Crippen LogP contribution in [0.4, 0.5) is 4.39 Å². The Balaban J connectivity index is 1.58. The third-order valence-electron chi connectivity index (χ3n) is 4.06. The van der Waals surface area contributed by atoms with Crippen LogP contribution in [0.25, 0.3) is 0 Å². The number of benzene rings is 1. The third kappa shape index (κ3) is 4.50. The minimum atomic E-state index is -0.447. The summed E-state index contributed by atoms with van der Waals surface area (Å²) in [5.74, 6) is -0.0886. The van der Waals surface area contributed by atoms with E-state index in [1.807, 2.05) is 0 Å². The summed E-state index contributed by atoms with van der Waals surface area (Å²) in [6.07, 6.45) is 4.83. The van der Waals surface area contributed by atoms with Crippen molar-refractivity contribution in [2.75, 3.05) is 0 Å². The van der Waals surface area contributed by atoms with E-state index in [0.717, 1.165) is 18.9 Å². The second-order valence-corrected chi connectivity index (χ2v) is 6.10. The van der Waals surface area contributed by atoms with Crippen LogP contribution in [-0.2, 0) is 17.9 Å². The Labute approximate surface area is 150 Å². The van der Waals surface area contributed by atoms with Crippen LogP contribution in [0.3, 0.4) is 0 Å². The number of carbonyl (C=O) groups is 2. The molecule has 1 heterocycles. The Morgan fingerprint density at radius 1 is 1.23 bits per heavy atom. The summed E-state index contributed by atoms with van der Waals surface area (Å²) in [5.41, 5.74) is 1.26. The van der Waals surface area contributed by atoms with Crippen LogP contribution in [0.1, 0.15) is 46.2 Å². The molecule has 1 aromatic heterocycles. The molecule has 1 aromatic carbocycles. The summed E-state index contributed by atoms with van der Waals surface area (Å²) in [6.45, 7) is 3.61. The zero-order chi connectivity index (χ0) is 18.5. The summed E-state index contributed by atoms with van der Waals surface area (Å²) in [6, 6.07) is 6.16. The maximum Gasteiger partial charge on any atom is 0.270 e. The van der Waals surface area contributed by atoms with Gasteiger partial charge in [0.2, 0.25) is 5.91 Å². The van der Waals surface area contributed by atoms with Crippen LogP contribution in [0, 0.1) is 5.82 Å². The van der Waals surface area contributed by atoms with E-state index in [0.29, 0.717) is 22.9 Å². The summed E-state index contributed by atoms with van der Waals surface area (Å²) < 4.78 is 14.2. The van der Waals surface area contributed by atoms with Gasteiger partial charge in [0.1, 0.15) is 17.3 Å². The van der Waals surface area contributed by atoms with E-state index in [1.54, 1.807) is 24.4 Å². The molecule has 2 N–H and O–H groups in total. The molecule has 0 atom stereocenters. The fourth-order valence-electron chi connectivity index (χ4n) is 2.41. The average Bonchev–Trinajstić information content (AvgIpc) is 3.50. The number of aromatic nitrogens is 2. The fraction of sp³-hybridized carbons (Fsp3) is 0.263. The van der Waals surface area contributed by atoms with Crippen molar-refractivity contribution in [1.29, 1.82) is 0 Å². The minimum Gasteiger partial charge on any atom is -0.348 e. The predicted molar refractivity (Wildman–Crippen MR) is 93.6 cm³/mol. The summed E-state index contributed by atoms with van der Waals surface area (Å²) in [4.78, 5) is 31.8. The van der Waals surface area contributed by atoms with Gasteiger partial charge in [-0.1, -0.05) is 18.7 Å². The zero-order valence-electron chi connectivity index (χ0n) is 14.2. The van der Waals surface area contributed by atoms with Crippen LogP contribution in [0.15, 0.2) is 43.1 Å². The maximum atomic E-state index is 14.2. The molecule has 1 saturated carbocycles. The van der Waals surface area contributed by atoms with Gasteiger partial charge in [0.05, 0.1) is 0 Å². The molecule has 0 saturated heterocycles. The van der Waals surface area contributed by atoms with Crippen LogP contribution >= 0.6 is 0 Å². The highest BCUT2D eigenvalue weighted by molar-refractivity contribution is 5.92. The molecule has 134 valence electrons. The molecule has 0 spiro atoms. The van der Waals surface area contributed by atoms with Gasteiger partial charge < -0.3 is 10.6 Å². The first-order chi connectivity index (χ1) is 12.6. The molecule has 0 radical (unpaired) electrons.